The molecule has 1 rings (SSSR count). The van der Waals surface area contributed by atoms with Gasteiger partial charge in [0.25, 0.3) is 0 Å². The maximum absolute atomic E-state index is 10.7. The third-order valence-corrected chi connectivity index (χ3v) is 1.68. The monoisotopic (exact) mass is 142 g/mol. The quantitative estimate of drug-likeness (QED) is 0.426. The molecule has 0 aromatic carbocycles. The van der Waals surface area contributed by atoms with Gasteiger partial charge in [-0.25, -0.2) is 0 Å². The number of hydrogen-bond acceptors (Lipinski definition) is 3. The zero-order valence-electron chi connectivity index (χ0n) is 5.71. The summed E-state index contributed by atoms with van der Waals surface area (Å²) in [6.07, 6.45) is 2.75. The lowest BCUT2D eigenvalue weighted by molar-refractivity contribution is -0.141. The van der Waals surface area contributed by atoms with E-state index in [0.717, 1.165) is 12.7 Å². The van der Waals surface area contributed by atoms with Gasteiger partial charge in [0.05, 0.1) is 12.5 Å². The van der Waals surface area contributed by atoms with Gasteiger partial charge in [-0.3, -0.25) is 4.79 Å². The number of esters is 1. The average molecular weight is 142 g/mol. The van der Waals surface area contributed by atoms with Crippen LogP contribution < -0.4 is 0 Å². The number of rotatable bonds is 3. The van der Waals surface area contributed by atoms with Gasteiger partial charge in [-0.2, -0.15) is 0 Å². The molecule has 0 spiro atoms. The lowest BCUT2D eigenvalue weighted by Gasteiger charge is -1.98. The highest BCUT2D eigenvalue weighted by atomic mass is 16.5. The number of aldehydes is 1. The van der Waals surface area contributed by atoms with Gasteiger partial charge in [0.15, 0.2) is 0 Å². The van der Waals surface area contributed by atoms with Crippen LogP contribution in [0.5, 0.6) is 0 Å². The van der Waals surface area contributed by atoms with Crippen molar-refractivity contribution in [3.63, 3.8) is 0 Å². The lowest BCUT2D eigenvalue weighted by Crippen LogP contribution is -2.07. The van der Waals surface area contributed by atoms with E-state index in [0.29, 0.717) is 19.4 Å². The molecule has 1 fully saturated rings. The zero-order valence-corrected chi connectivity index (χ0v) is 5.71. The Hall–Kier alpha value is -0.860. The van der Waals surface area contributed by atoms with Crippen molar-refractivity contribution in [2.75, 3.05) is 6.61 Å². The summed E-state index contributed by atoms with van der Waals surface area (Å²) in [5.41, 5.74) is 0. The van der Waals surface area contributed by atoms with Gasteiger partial charge in [0.2, 0.25) is 0 Å². The molecule has 0 aromatic rings. The second-order valence-corrected chi connectivity index (χ2v) is 2.40. The van der Waals surface area contributed by atoms with Crippen LogP contribution in [0, 0.1) is 5.92 Å². The first-order valence-electron chi connectivity index (χ1n) is 3.45. The second-order valence-electron chi connectivity index (χ2n) is 2.40. The summed E-state index contributed by atoms with van der Waals surface area (Å²) in [4.78, 5) is 20.7. The summed E-state index contributed by atoms with van der Waals surface area (Å²) in [5, 5.41) is 0. The Morgan fingerprint density at radius 1 is 1.70 bits per heavy atom. The van der Waals surface area contributed by atoms with Crippen molar-refractivity contribution in [1.29, 1.82) is 0 Å². The third-order valence-electron chi connectivity index (χ3n) is 1.68. The maximum atomic E-state index is 10.7. The van der Waals surface area contributed by atoms with Crippen molar-refractivity contribution >= 4 is 12.3 Å². The second kappa shape index (κ2) is 3.34. The molecule has 0 aliphatic carbocycles. The summed E-state index contributed by atoms with van der Waals surface area (Å²) in [5.74, 6) is -0.146. The summed E-state index contributed by atoms with van der Waals surface area (Å²) >= 11 is 0. The Labute approximate surface area is 59.4 Å². The Balaban J connectivity index is 2.26. The predicted molar refractivity (Wildman–Crippen MR) is 34.4 cm³/mol. The minimum Gasteiger partial charge on any atom is -0.465 e. The molecule has 3 heteroatoms. The smallest absolute Gasteiger partial charge is 0.309 e. The summed E-state index contributed by atoms with van der Waals surface area (Å²) in [6.45, 7) is 0.530. The molecule has 1 unspecified atom stereocenters. The van der Waals surface area contributed by atoms with Gasteiger partial charge in [-0.15, -0.1) is 0 Å². The molecule has 56 valence electrons. The fraction of sp³-hybridized carbons (Fsp3) is 0.714. The van der Waals surface area contributed by atoms with E-state index in [2.05, 4.69) is 0 Å². The third kappa shape index (κ3) is 1.56. The minimum absolute atomic E-state index is 0.00907. The summed E-state index contributed by atoms with van der Waals surface area (Å²) < 4.78 is 4.71. The highest BCUT2D eigenvalue weighted by Crippen LogP contribution is 2.18. The molecule has 10 heavy (non-hydrogen) atoms. The van der Waals surface area contributed by atoms with Crippen LogP contribution in [0.3, 0.4) is 0 Å². The molecule has 3 nitrogen and oxygen atoms in total. The Morgan fingerprint density at radius 3 is 3.00 bits per heavy atom. The largest absolute Gasteiger partial charge is 0.465 e. The topological polar surface area (TPSA) is 43.4 Å². The maximum Gasteiger partial charge on any atom is 0.309 e. The number of cyclic esters (lactones) is 1. The van der Waals surface area contributed by atoms with E-state index in [4.69, 9.17) is 4.74 Å². The average Bonchev–Trinajstić information content (AvgIpc) is 2.31. The first-order chi connectivity index (χ1) is 4.84. The number of hydrogen-bond donors (Lipinski definition) is 0. The van der Waals surface area contributed by atoms with Gasteiger partial charge in [0, 0.05) is 6.42 Å². The zero-order chi connectivity index (χ0) is 7.40. The molecular formula is C7H10O3. The van der Waals surface area contributed by atoms with E-state index >= 15 is 0 Å². The first-order valence-corrected chi connectivity index (χ1v) is 3.45. The van der Waals surface area contributed by atoms with Crippen LogP contribution in [0.15, 0.2) is 0 Å². The van der Waals surface area contributed by atoms with Crippen molar-refractivity contribution in [3.05, 3.63) is 0 Å². The SMILES string of the molecule is O=CCCC1CCOC1=O. The standard InChI is InChI=1S/C7H10O3/c8-4-1-2-6-3-5-10-7(6)9/h4,6H,1-3,5H2. The van der Waals surface area contributed by atoms with Crippen LogP contribution in [0.4, 0.5) is 0 Å². The molecule has 0 bridgehead atoms. The van der Waals surface area contributed by atoms with Gasteiger partial charge in [-0.05, 0) is 12.8 Å². The summed E-state index contributed by atoms with van der Waals surface area (Å²) in [6, 6.07) is 0. The Morgan fingerprint density at radius 2 is 2.50 bits per heavy atom. The van der Waals surface area contributed by atoms with Crippen molar-refractivity contribution in [2.24, 2.45) is 5.92 Å². The van der Waals surface area contributed by atoms with E-state index in [1.54, 1.807) is 0 Å². The van der Waals surface area contributed by atoms with E-state index in [9.17, 15) is 9.59 Å². The van der Waals surface area contributed by atoms with Gasteiger partial charge in [-0.1, -0.05) is 0 Å². The molecule has 0 saturated carbocycles. The van der Waals surface area contributed by atoms with E-state index in [-0.39, 0.29) is 11.9 Å². The molecule has 1 atom stereocenters. The van der Waals surface area contributed by atoms with Crippen LogP contribution in [0.2, 0.25) is 0 Å². The van der Waals surface area contributed by atoms with Gasteiger partial charge in [0.1, 0.15) is 6.29 Å². The van der Waals surface area contributed by atoms with Crippen molar-refractivity contribution < 1.29 is 14.3 Å². The van der Waals surface area contributed by atoms with Crippen LogP contribution in [0.1, 0.15) is 19.3 Å². The molecule has 0 aromatic heterocycles. The number of carbonyl (C=O) groups is 2. The Bertz CT molecular complexity index is 142. The van der Waals surface area contributed by atoms with Crippen LogP contribution in [-0.2, 0) is 14.3 Å². The van der Waals surface area contributed by atoms with Crippen molar-refractivity contribution in [1.82, 2.24) is 0 Å². The number of carbonyl (C=O) groups excluding carboxylic acids is 2. The van der Waals surface area contributed by atoms with Crippen LogP contribution in [-0.4, -0.2) is 18.9 Å². The normalized spacial score (nSPS) is 24.4. The summed E-state index contributed by atoms with van der Waals surface area (Å²) in [7, 11) is 0. The molecule has 0 N–H and O–H groups in total. The molecular weight excluding hydrogens is 132 g/mol. The van der Waals surface area contributed by atoms with Crippen LogP contribution in [0.25, 0.3) is 0 Å². The fourth-order valence-electron chi connectivity index (χ4n) is 1.07. The predicted octanol–water partition coefficient (Wildman–Crippen LogP) is 0.529. The first kappa shape index (κ1) is 7.25. The van der Waals surface area contributed by atoms with Crippen molar-refractivity contribution in [3.8, 4) is 0 Å². The Kier molecular flexibility index (Phi) is 2.42. The minimum atomic E-state index is -0.137. The lowest BCUT2D eigenvalue weighted by atomic mass is 10.0. The van der Waals surface area contributed by atoms with Gasteiger partial charge < -0.3 is 9.53 Å². The highest BCUT2D eigenvalue weighted by molar-refractivity contribution is 5.74. The van der Waals surface area contributed by atoms with Crippen LogP contribution >= 0.6 is 0 Å². The van der Waals surface area contributed by atoms with E-state index in [1.165, 1.54) is 0 Å². The fourth-order valence-corrected chi connectivity index (χ4v) is 1.07. The molecule has 0 amide bonds. The molecule has 1 aliphatic rings. The van der Waals surface area contributed by atoms with E-state index in [1.807, 2.05) is 0 Å². The molecule has 1 saturated heterocycles. The number of ether oxygens (including phenoxy) is 1. The molecule has 1 aliphatic heterocycles. The molecule has 1 heterocycles. The van der Waals surface area contributed by atoms with Gasteiger partial charge >= 0.3 is 5.97 Å². The van der Waals surface area contributed by atoms with Crippen molar-refractivity contribution in [2.45, 2.75) is 19.3 Å². The highest BCUT2D eigenvalue weighted by Gasteiger charge is 2.25. The van der Waals surface area contributed by atoms with E-state index < -0.39 is 0 Å². The molecule has 0 radical (unpaired) electrons.